The van der Waals surface area contributed by atoms with E-state index in [1.54, 1.807) is 0 Å². The highest BCUT2D eigenvalue weighted by molar-refractivity contribution is 7.25. The van der Waals surface area contributed by atoms with E-state index >= 15 is 0 Å². The van der Waals surface area contributed by atoms with Gasteiger partial charge in [0.05, 0.1) is 16.8 Å². The van der Waals surface area contributed by atoms with Crippen LogP contribution in [-0.4, -0.2) is 0 Å². The molecule has 0 fully saturated rings. The van der Waals surface area contributed by atoms with Gasteiger partial charge >= 0.3 is 0 Å². The molecule has 53 heavy (non-hydrogen) atoms. The molecule has 248 valence electrons. The van der Waals surface area contributed by atoms with Crippen LogP contribution in [0.4, 0.5) is 17.1 Å². The Morgan fingerprint density at radius 3 is 1.96 bits per heavy atom. The van der Waals surface area contributed by atoms with Gasteiger partial charge in [-0.25, -0.2) is 0 Å². The summed E-state index contributed by atoms with van der Waals surface area (Å²) in [6.07, 6.45) is 0. The number of furan rings is 1. The fraction of sp³-hybridized carbons (Fsp3) is 0. The van der Waals surface area contributed by atoms with Crippen LogP contribution in [0, 0.1) is 0 Å². The zero-order valence-corrected chi connectivity index (χ0v) is 29.5. The molecule has 0 unspecified atom stereocenters. The molecule has 3 heteroatoms. The Kier molecular flexibility index (Phi) is 6.76. The highest BCUT2D eigenvalue weighted by Gasteiger charge is 2.24. The van der Waals surface area contributed by atoms with Crippen LogP contribution in [-0.2, 0) is 0 Å². The Bertz CT molecular complexity index is 3170. The standard InChI is InChI=1S/C50H31NOS/c1-2-11-33(12-3-1)39-29-30-44(49-42-17-6-8-19-45(42)52-50(39)49)51(43-18-10-14-35-22-21-34-13-4-5-15-38(34)48(35)43)37-26-23-32(24-27-37)36-25-28-41-40-16-7-9-20-46(40)53-47(41)31-36/h1-31H. The SMILES string of the molecule is c1ccc(-c2ccc(N(c3ccc(-c4ccc5c(c4)sc4ccccc45)cc3)c3cccc4ccc5ccccc5c34)c3c2oc2ccccc23)cc1. The van der Waals surface area contributed by atoms with E-state index in [-0.39, 0.29) is 0 Å². The minimum Gasteiger partial charge on any atom is -0.455 e. The summed E-state index contributed by atoms with van der Waals surface area (Å²) < 4.78 is 9.40. The number of benzene rings is 9. The number of hydrogen-bond donors (Lipinski definition) is 0. The van der Waals surface area contributed by atoms with Gasteiger partial charge in [-0.05, 0) is 81.4 Å². The second-order valence-electron chi connectivity index (χ2n) is 13.7. The summed E-state index contributed by atoms with van der Waals surface area (Å²) >= 11 is 1.86. The summed E-state index contributed by atoms with van der Waals surface area (Å²) in [5.74, 6) is 0. The Balaban J connectivity index is 1.16. The number of fused-ring (bicyclic) bond motifs is 9. The fourth-order valence-electron chi connectivity index (χ4n) is 8.18. The first kappa shape index (κ1) is 30.0. The van der Waals surface area contributed by atoms with Crippen molar-refractivity contribution < 1.29 is 4.42 Å². The zero-order chi connectivity index (χ0) is 34.9. The molecule has 0 radical (unpaired) electrons. The molecule has 2 aromatic heterocycles. The molecule has 0 N–H and O–H groups in total. The largest absolute Gasteiger partial charge is 0.455 e. The van der Waals surface area contributed by atoms with E-state index in [2.05, 4.69) is 193 Å². The van der Waals surface area contributed by atoms with E-state index in [9.17, 15) is 0 Å². The minimum atomic E-state index is 0.877. The van der Waals surface area contributed by atoms with E-state index in [1.165, 1.54) is 52.8 Å². The van der Waals surface area contributed by atoms with Crippen molar-refractivity contribution in [3.8, 4) is 22.3 Å². The summed E-state index contributed by atoms with van der Waals surface area (Å²) in [4.78, 5) is 2.44. The number of hydrogen-bond acceptors (Lipinski definition) is 3. The highest BCUT2D eigenvalue weighted by atomic mass is 32.1. The molecule has 0 atom stereocenters. The predicted molar refractivity (Wildman–Crippen MR) is 227 cm³/mol. The van der Waals surface area contributed by atoms with E-state index in [0.29, 0.717) is 0 Å². The van der Waals surface area contributed by atoms with Crippen LogP contribution in [0.25, 0.3) is 85.9 Å². The van der Waals surface area contributed by atoms with Crippen molar-refractivity contribution >= 4 is 92.1 Å². The highest BCUT2D eigenvalue weighted by Crippen LogP contribution is 2.48. The van der Waals surface area contributed by atoms with Crippen LogP contribution in [0.3, 0.4) is 0 Å². The van der Waals surface area contributed by atoms with Crippen molar-refractivity contribution in [1.82, 2.24) is 0 Å². The van der Waals surface area contributed by atoms with Gasteiger partial charge in [0, 0.05) is 42.2 Å². The van der Waals surface area contributed by atoms with Crippen molar-refractivity contribution in [3.05, 3.63) is 188 Å². The van der Waals surface area contributed by atoms with Gasteiger partial charge in [-0.2, -0.15) is 0 Å². The molecular weight excluding hydrogens is 663 g/mol. The molecule has 2 nitrogen and oxygen atoms in total. The lowest BCUT2D eigenvalue weighted by Gasteiger charge is -2.28. The summed E-state index contributed by atoms with van der Waals surface area (Å²) in [5.41, 5.74) is 9.66. The summed E-state index contributed by atoms with van der Waals surface area (Å²) in [6, 6.07) is 67.9. The minimum absolute atomic E-state index is 0.877. The van der Waals surface area contributed by atoms with Gasteiger partial charge in [-0.3, -0.25) is 0 Å². The molecule has 11 rings (SSSR count). The first-order valence-corrected chi connectivity index (χ1v) is 18.8. The van der Waals surface area contributed by atoms with Crippen molar-refractivity contribution in [2.24, 2.45) is 0 Å². The van der Waals surface area contributed by atoms with Crippen LogP contribution < -0.4 is 4.90 Å². The smallest absolute Gasteiger partial charge is 0.145 e. The van der Waals surface area contributed by atoms with Crippen molar-refractivity contribution in [2.45, 2.75) is 0 Å². The molecule has 0 aliphatic rings. The van der Waals surface area contributed by atoms with E-state index in [4.69, 9.17) is 4.42 Å². The fourth-order valence-corrected chi connectivity index (χ4v) is 9.33. The van der Waals surface area contributed by atoms with Crippen LogP contribution in [0.15, 0.2) is 192 Å². The second-order valence-corrected chi connectivity index (χ2v) is 14.7. The van der Waals surface area contributed by atoms with Gasteiger partial charge in [-0.1, -0.05) is 140 Å². The number of nitrogens with zero attached hydrogens (tertiary/aromatic N) is 1. The molecule has 0 spiro atoms. The van der Waals surface area contributed by atoms with Crippen molar-refractivity contribution in [1.29, 1.82) is 0 Å². The number of para-hydroxylation sites is 1. The lowest BCUT2D eigenvalue weighted by atomic mass is 9.97. The predicted octanol–water partition coefficient (Wildman–Crippen LogP) is 15.1. The average molecular weight is 694 g/mol. The third-order valence-corrected chi connectivity index (χ3v) is 11.8. The third-order valence-electron chi connectivity index (χ3n) is 10.7. The van der Waals surface area contributed by atoms with Gasteiger partial charge < -0.3 is 9.32 Å². The maximum atomic E-state index is 6.77. The molecule has 2 heterocycles. The maximum Gasteiger partial charge on any atom is 0.145 e. The first-order chi connectivity index (χ1) is 26.3. The van der Waals surface area contributed by atoms with Gasteiger partial charge in [-0.15, -0.1) is 11.3 Å². The summed E-state index contributed by atoms with van der Waals surface area (Å²) in [5, 5.41) is 9.70. The van der Waals surface area contributed by atoms with Crippen LogP contribution >= 0.6 is 11.3 Å². The summed E-state index contributed by atoms with van der Waals surface area (Å²) in [7, 11) is 0. The van der Waals surface area contributed by atoms with Gasteiger partial charge in [0.1, 0.15) is 11.2 Å². The molecule has 0 saturated heterocycles. The normalized spacial score (nSPS) is 11.8. The summed E-state index contributed by atoms with van der Waals surface area (Å²) in [6.45, 7) is 0. The maximum absolute atomic E-state index is 6.77. The van der Waals surface area contributed by atoms with Crippen molar-refractivity contribution in [2.75, 3.05) is 4.90 Å². The Morgan fingerprint density at radius 1 is 0.396 bits per heavy atom. The number of anilines is 3. The molecule has 11 aromatic rings. The molecule has 0 saturated carbocycles. The number of thiophene rings is 1. The van der Waals surface area contributed by atoms with Crippen LogP contribution in [0.5, 0.6) is 0 Å². The van der Waals surface area contributed by atoms with E-state index in [0.717, 1.165) is 50.1 Å². The third kappa shape index (κ3) is 4.78. The molecule has 0 aliphatic heterocycles. The zero-order valence-electron chi connectivity index (χ0n) is 28.7. The topological polar surface area (TPSA) is 16.4 Å². The van der Waals surface area contributed by atoms with E-state index in [1.807, 2.05) is 11.3 Å². The Hall–Kier alpha value is -6.68. The quantitative estimate of drug-likeness (QED) is 0.167. The first-order valence-electron chi connectivity index (χ1n) is 18.0. The van der Waals surface area contributed by atoms with Crippen LogP contribution in [0.2, 0.25) is 0 Å². The number of rotatable bonds is 5. The Labute approximate surface area is 310 Å². The molecule has 0 bridgehead atoms. The van der Waals surface area contributed by atoms with Gasteiger partial charge in [0.2, 0.25) is 0 Å². The van der Waals surface area contributed by atoms with Crippen LogP contribution in [0.1, 0.15) is 0 Å². The monoisotopic (exact) mass is 693 g/mol. The van der Waals surface area contributed by atoms with E-state index < -0.39 is 0 Å². The average Bonchev–Trinajstić information content (AvgIpc) is 3.80. The molecule has 0 amide bonds. The molecular formula is C50H31NOS. The van der Waals surface area contributed by atoms with Gasteiger partial charge in [0.15, 0.2) is 0 Å². The van der Waals surface area contributed by atoms with Gasteiger partial charge in [0.25, 0.3) is 0 Å². The molecule has 9 aromatic carbocycles. The van der Waals surface area contributed by atoms with Crippen molar-refractivity contribution in [3.63, 3.8) is 0 Å². The lowest BCUT2D eigenvalue weighted by molar-refractivity contribution is 0.670. The second kappa shape index (κ2) is 11.9. The Morgan fingerprint density at radius 2 is 1.08 bits per heavy atom. The lowest BCUT2D eigenvalue weighted by Crippen LogP contribution is -2.11. The molecule has 0 aliphatic carbocycles.